The molecule has 20 heavy (non-hydrogen) atoms. The summed E-state index contributed by atoms with van der Waals surface area (Å²) in [5, 5.41) is 6.52. The Morgan fingerprint density at radius 3 is 2.65 bits per heavy atom. The van der Waals surface area contributed by atoms with E-state index in [1.165, 1.54) is 0 Å². The maximum atomic E-state index is 12.3. The zero-order valence-electron chi connectivity index (χ0n) is 12.2. The van der Waals surface area contributed by atoms with Crippen LogP contribution in [0, 0.1) is 12.8 Å². The first-order valence-corrected chi connectivity index (χ1v) is 6.80. The third kappa shape index (κ3) is 2.81. The Labute approximate surface area is 117 Å². The summed E-state index contributed by atoms with van der Waals surface area (Å²) in [4.78, 5) is 30.1. The van der Waals surface area contributed by atoms with Crippen molar-refractivity contribution in [3.63, 3.8) is 0 Å². The highest BCUT2D eigenvalue weighted by Gasteiger charge is 2.39. The average molecular weight is 280 g/mol. The number of carbonyl (C=O) groups is 2. The molecule has 2 rings (SSSR count). The molecule has 7 nitrogen and oxygen atoms in total. The van der Waals surface area contributed by atoms with Crippen LogP contribution >= 0.6 is 0 Å². The topological polar surface area (TPSA) is 88.3 Å². The number of amides is 2. The first kappa shape index (κ1) is 14.5. The molecule has 2 amide bonds. The van der Waals surface area contributed by atoms with E-state index in [9.17, 15) is 9.59 Å². The molecule has 2 heterocycles. The monoisotopic (exact) mass is 280 g/mol. The van der Waals surface area contributed by atoms with Gasteiger partial charge >= 0.3 is 0 Å². The van der Waals surface area contributed by atoms with Gasteiger partial charge in [0.05, 0.1) is 0 Å². The van der Waals surface area contributed by atoms with Crippen LogP contribution in [0.4, 0.5) is 0 Å². The van der Waals surface area contributed by atoms with Gasteiger partial charge in [0.1, 0.15) is 12.1 Å². The number of carbonyl (C=O) groups excluding carboxylic acids is 2. The van der Waals surface area contributed by atoms with E-state index in [1.54, 1.807) is 18.7 Å². The number of nitrogens with one attached hydrogen (secondary N) is 1. The van der Waals surface area contributed by atoms with Crippen LogP contribution in [-0.2, 0) is 16.0 Å². The van der Waals surface area contributed by atoms with Crippen LogP contribution in [0.2, 0.25) is 0 Å². The van der Waals surface area contributed by atoms with Crippen LogP contribution in [0.3, 0.4) is 0 Å². The molecule has 0 aromatic carbocycles. The molecular formula is C13H20N4O3. The molecule has 1 aromatic heterocycles. The summed E-state index contributed by atoms with van der Waals surface area (Å²) in [7, 11) is 0. The van der Waals surface area contributed by atoms with Gasteiger partial charge in [0.15, 0.2) is 5.82 Å². The molecule has 1 fully saturated rings. The molecule has 110 valence electrons. The van der Waals surface area contributed by atoms with E-state index in [1.807, 2.05) is 13.8 Å². The van der Waals surface area contributed by atoms with Crippen LogP contribution in [0.15, 0.2) is 4.52 Å². The van der Waals surface area contributed by atoms with Gasteiger partial charge in [0, 0.05) is 19.9 Å². The van der Waals surface area contributed by atoms with Crippen molar-refractivity contribution in [3.05, 3.63) is 11.7 Å². The Balaban J connectivity index is 2.11. The van der Waals surface area contributed by atoms with Crippen molar-refractivity contribution in [3.8, 4) is 0 Å². The van der Waals surface area contributed by atoms with E-state index in [0.717, 1.165) is 0 Å². The van der Waals surface area contributed by atoms with Crippen molar-refractivity contribution in [1.29, 1.82) is 0 Å². The zero-order valence-corrected chi connectivity index (χ0v) is 12.2. The van der Waals surface area contributed by atoms with Crippen molar-refractivity contribution < 1.29 is 14.1 Å². The molecular weight excluding hydrogens is 260 g/mol. The van der Waals surface area contributed by atoms with E-state index in [4.69, 9.17) is 4.52 Å². The molecule has 1 aromatic rings. The largest absolute Gasteiger partial charge is 0.343 e. The first-order valence-electron chi connectivity index (χ1n) is 6.80. The van der Waals surface area contributed by atoms with Gasteiger partial charge in [-0.05, 0) is 12.8 Å². The lowest BCUT2D eigenvalue weighted by molar-refractivity contribution is -0.150. The minimum absolute atomic E-state index is 0.0541. The van der Waals surface area contributed by atoms with Gasteiger partial charge in [0.2, 0.25) is 17.7 Å². The van der Waals surface area contributed by atoms with Crippen molar-refractivity contribution in [2.45, 2.75) is 46.2 Å². The molecule has 7 heteroatoms. The van der Waals surface area contributed by atoms with Gasteiger partial charge in [-0.2, -0.15) is 4.98 Å². The van der Waals surface area contributed by atoms with Crippen LogP contribution < -0.4 is 5.32 Å². The lowest BCUT2D eigenvalue weighted by Gasteiger charge is -2.39. The molecule has 0 bridgehead atoms. The summed E-state index contributed by atoms with van der Waals surface area (Å²) in [5.41, 5.74) is 0. The Bertz CT molecular complexity index is 511. The second kappa shape index (κ2) is 5.60. The standard InChI is InChI=1S/C13H20N4O3/c1-7(2)11-12(18)14-8(3)13(19)17(11)6-5-10-15-9(4)20-16-10/h7-8,11H,5-6H2,1-4H3,(H,14,18). The highest BCUT2D eigenvalue weighted by atomic mass is 16.5. The quantitative estimate of drug-likeness (QED) is 0.856. The number of nitrogens with zero attached hydrogens (tertiary/aromatic N) is 3. The molecule has 0 saturated carbocycles. The number of aryl methyl sites for hydroxylation is 1. The van der Waals surface area contributed by atoms with E-state index in [0.29, 0.717) is 24.7 Å². The maximum absolute atomic E-state index is 12.3. The summed E-state index contributed by atoms with van der Waals surface area (Å²) in [6.45, 7) is 7.69. The number of hydrogen-bond donors (Lipinski definition) is 1. The van der Waals surface area contributed by atoms with Crippen molar-refractivity contribution in [1.82, 2.24) is 20.4 Å². The predicted molar refractivity (Wildman–Crippen MR) is 70.7 cm³/mol. The number of rotatable bonds is 4. The summed E-state index contributed by atoms with van der Waals surface area (Å²) >= 11 is 0. The van der Waals surface area contributed by atoms with Crippen molar-refractivity contribution >= 4 is 11.8 Å². The van der Waals surface area contributed by atoms with E-state index in [-0.39, 0.29) is 17.7 Å². The summed E-state index contributed by atoms with van der Waals surface area (Å²) < 4.78 is 4.90. The van der Waals surface area contributed by atoms with Gasteiger partial charge in [-0.15, -0.1) is 0 Å². The number of aromatic nitrogens is 2. The van der Waals surface area contributed by atoms with Crippen molar-refractivity contribution in [2.75, 3.05) is 6.54 Å². The van der Waals surface area contributed by atoms with Gasteiger partial charge in [0.25, 0.3) is 0 Å². The molecule has 2 atom stereocenters. The van der Waals surface area contributed by atoms with Gasteiger partial charge in [-0.25, -0.2) is 0 Å². The minimum Gasteiger partial charge on any atom is -0.343 e. The van der Waals surface area contributed by atoms with Crippen LogP contribution in [0.5, 0.6) is 0 Å². The Morgan fingerprint density at radius 2 is 2.10 bits per heavy atom. The highest BCUT2D eigenvalue weighted by Crippen LogP contribution is 2.17. The molecule has 1 saturated heterocycles. The normalized spacial score (nSPS) is 23.4. The second-order valence-electron chi connectivity index (χ2n) is 5.43. The molecule has 0 spiro atoms. The first-order chi connectivity index (χ1) is 9.40. The summed E-state index contributed by atoms with van der Waals surface area (Å²) in [6.07, 6.45) is 0.478. The van der Waals surface area contributed by atoms with Gasteiger partial charge in [-0.3, -0.25) is 9.59 Å². The number of piperazine rings is 1. The molecule has 0 radical (unpaired) electrons. The van der Waals surface area contributed by atoms with Crippen LogP contribution in [0.25, 0.3) is 0 Å². The molecule has 1 N–H and O–H groups in total. The van der Waals surface area contributed by atoms with E-state index in [2.05, 4.69) is 15.5 Å². The van der Waals surface area contributed by atoms with Crippen LogP contribution in [-0.4, -0.2) is 45.5 Å². The molecule has 0 aliphatic carbocycles. The Morgan fingerprint density at radius 1 is 1.40 bits per heavy atom. The molecule has 1 aliphatic heterocycles. The Hall–Kier alpha value is -1.92. The predicted octanol–water partition coefficient (Wildman–Crippen LogP) is 0.292. The van der Waals surface area contributed by atoms with Crippen molar-refractivity contribution in [2.24, 2.45) is 5.92 Å². The molecule has 1 aliphatic rings. The SMILES string of the molecule is Cc1nc(CCN2C(=O)C(C)NC(=O)C2C(C)C)no1. The van der Waals surface area contributed by atoms with E-state index >= 15 is 0 Å². The fourth-order valence-electron chi connectivity index (χ4n) is 2.46. The Kier molecular flexibility index (Phi) is 4.06. The smallest absolute Gasteiger partial charge is 0.245 e. The summed E-state index contributed by atoms with van der Waals surface area (Å²) in [6, 6.07) is -0.920. The lowest BCUT2D eigenvalue weighted by Crippen LogP contribution is -2.64. The van der Waals surface area contributed by atoms with Gasteiger partial charge in [-0.1, -0.05) is 19.0 Å². The van der Waals surface area contributed by atoms with E-state index < -0.39 is 12.1 Å². The third-order valence-electron chi connectivity index (χ3n) is 3.39. The van der Waals surface area contributed by atoms with Crippen LogP contribution in [0.1, 0.15) is 32.5 Å². The lowest BCUT2D eigenvalue weighted by atomic mass is 9.97. The molecule has 2 unspecified atom stereocenters. The fourth-order valence-corrected chi connectivity index (χ4v) is 2.46. The third-order valence-corrected chi connectivity index (χ3v) is 3.39. The fraction of sp³-hybridized carbons (Fsp3) is 0.692. The number of hydrogen-bond acceptors (Lipinski definition) is 5. The average Bonchev–Trinajstić information content (AvgIpc) is 2.77. The minimum atomic E-state index is -0.482. The summed E-state index contributed by atoms with van der Waals surface area (Å²) in [5.74, 6) is 0.936. The maximum Gasteiger partial charge on any atom is 0.245 e. The van der Waals surface area contributed by atoms with Gasteiger partial charge < -0.3 is 14.7 Å². The second-order valence-corrected chi connectivity index (χ2v) is 5.43. The highest BCUT2D eigenvalue weighted by molar-refractivity contribution is 5.96. The zero-order chi connectivity index (χ0) is 14.9.